The number of hydrogen-bond acceptors (Lipinski definition) is 3. The van der Waals surface area contributed by atoms with Crippen LogP contribution in [0, 0.1) is 5.92 Å². The maximum Gasteiger partial charge on any atom is 0.0610 e. The molecule has 0 aromatic heterocycles. The van der Waals surface area contributed by atoms with E-state index in [0.29, 0.717) is 0 Å². The van der Waals surface area contributed by atoms with Gasteiger partial charge in [0.15, 0.2) is 0 Å². The van der Waals surface area contributed by atoms with Crippen molar-refractivity contribution in [1.29, 1.82) is 0 Å². The van der Waals surface area contributed by atoms with Crippen LogP contribution in [-0.4, -0.2) is 47.8 Å². The Morgan fingerprint density at radius 1 is 1.32 bits per heavy atom. The summed E-state index contributed by atoms with van der Waals surface area (Å²) >= 11 is 0. The summed E-state index contributed by atoms with van der Waals surface area (Å²) in [7, 11) is 0. The first kappa shape index (κ1) is 16.9. The lowest BCUT2D eigenvalue weighted by atomic mass is 9.93. The maximum absolute atomic E-state index is 9.57. The minimum Gasteiger partial charge on any atom is -0.394 e. The standard InChI is InChI=1S/C16H34N2O/c1-5-10-17-16(4,13-19)9-6-11-18-12-14(2)7-8-15(18)3/h14-15,17,19H,5-13H2,1-4H3. The van der Waals surface area contributed by atoms with Crippen LogP contribution in [0.1, 0.15) is 59.8 Å². The number of nitrogens with one attached hydrogen (secondary N) is 1. The van der Waals surface area contributed by atoms with Crippen molar-refractivity contribution >= 4 is 0 Å². The Bertz CT molecular complexity index is 247. The van der Waals surface area contributed by atoms with Crippen LogP contribution in [0.2, 0.25) is 0 Å². The van der Waals surface area contributed by atoms with Crippen LogP contribution in [-0.2, 0) is 0 Å². The number of piperidine rings is 1. The quantitative estimate of drug-likeness (QED) is 0.712. The lowest BCUT2D eigenvalue weighted by Crippen LogP contribution is -2.47. The van der Waals surface area contributed by atoms with Gasteiger partial charge in [-0.25, -0.2) is 0 Å². The van der Waals surface area contributed by atoms with Gasteiger partial charge in [-0.15, -0.1) is 0 Å². The molecule has 1 rings (SSSR count). The molecule has 1 saturated heterocycles. The number of likely N-dealkylation sites (tertiary alicyclic amines) is 1. The van der Waals surface area contributed by atoms with E-state index in [1.165, 1.54) is 32.4 Å². The molecule has 0 saturated carbocycles. The summed E-state index contributed by atoms with van der Waals surface area (Å²) < 4.78 is 0. The molecule has 3 nitrogen and oxygen atoms in total. The molecular formula is C16H34N2O. The van der Waals surface area contributed by atoms with E-state index < -0.39 is 0 Å². The molecule has 3 heteroatoms. The van der Waals surface area contributed by atoms with Crippen molar-refractivity contribution in [1.82, 2.24) is 10.2 Å². The monoisotopic (exact) mass is 270 g/mol. The molecule has 3 atom stereocenters. The highest BCUT2D eigenvalue weighted by molar-refractivity contribution is 4.83. The first-order valence-electron chi connectivity index (χ1n) is 8.10. The lowest BCUT2D eigenvalue weighted by molar-refractivity contribution is 0.111. The van der Waals surface area contributed by atoms with Crippen LogP contribution in [0.4, 0.5) is 0 Å². The number of nitrogens with zero attached hydrogens (tertiary/aromatic N) is 1. The molecule has 0 aromatic carbocycles. The van der Waals surface area contributed by atoms with E-state index in [9.17, 15) is 5.11 Å². The molecular weight excluding hydrogens is 236 g/mol. The van der Waals surface area contributed by atoms with Gasteiger partial charge in [0.2, 0.25) is 0 Å². The van der Waals surface area contributed by atoms with Crippen molar-refractivity contribution < 1.29 is 5.11 Å². The fourth-order valence-electron chi connectivity index (χ4n) is 3.01. The van der Waals surface area contributed by atoms with Gasteiger partial charge in [0.25, 0.3) is 0 Å². The molecule has 0 amide bonds. The second kappa shape index (κ2) is 8.23. The highest BCUT2D eigenvalue weighted by Gasteiger charge is 2.25. The number of aliphatic hydroxyl groups excluding tert-OH is 1. The van der Waals surface area contributed by atoms with E-state index in [2.05, 4.69) is 37.9 Å². The van der Waals surface area contributed by atoms with Crippen LogP contribution >= 0.6 is 0 Å². The topological polar surface area (TPSA) is 35.5 Å². The molecule has 19 heavy (non-hydrogen) atoms. The number of hydrogen-bond donors (Lipinski definition) is 2. The maximum atomic E-state index is 9.57. The van der Waals surface area contributed by atoms with E-state index in [0.717, 1.165) is 31.3 Å². The Morgan fingerprint density at radius 3 is 2.68 bits per heavy atom. The highest BCUT2D eigenvalue weighted by Crippen LogP contribution is 2.22. The molecule has 0 bridgehead atoms. The summed E-state index contributed by atoms with van der Waals surface area (Å²) in [5.41, 5.74) is -0.0966. The number of rotatable bonds is 8. The van der Waals surface area contributed by atoms with Crippen molar-refractivity contribution in [2.24, 2.45) is 5.92 Å². The SMILES string of the molecule is CCCNC(C)(CO)CCCN1CC(C)CCC1C. The molecule has 0 radical (unpaired) electrons. The molecule has 1 aliphatic heterocycles. The van der Waals surface area contributed by atoms with Crippen LogP contribution < -0.4 is 5.32 Å². The minimum absolute atomic E-state index is 0.0966. The first-order chi connectivity index (χ1) is 9.00. The van der Waals surface area contributed by atoms with E-state index in [-0.39, 0.29) is 12.1 Å². The van der Waals surface area contributed by atoms with Crippen LogP contribution in [0.15, 0.2) is 0 Å². The van der Waals surface area contributed by atoms with E-state index >= 15 is 0 Å². The zero-order valence-corrected chi connectivity index (χ0v) is 13.4. The number of aliphatic hydroxyl groups is 1. The molecule has 2 N–H and O–H groups in total. The Balaban J connectivity index is 2.30. The van der Waals surface area contributed by atoms with Crippen LogP contribution in [0.3, 0.4) is 0 Å². The Morgan fingerprint density at radius 2 is 2.05 bits per heavy atom. The van der Waals surface area contributed by atoms with E-state index in [1.807, 2.05) is 0 Å². The normalized spacial score (nSPS) is 28.3. The van der Waals surface area contributed by atoms with Gasteiger partial charge in [0, 0.05) is 18.1 Å². The predicted octanol–water partition coefficient (Wildman–Crippen LogP) is 2.64. The average molecular weight is 270 g/mol. The van der Waals surface area contributed by atoms with Crippen molar-refractivity contribution in [3.05, 3.63) is 0 Å². The molecule has 3 unspecified atom stereocenters. The Hall–Kier alpha value is -0.120. The Kier molecular flexibility index (Phi) is 7.33. The summed E-state index contributed by atoms with van der Waals surface area (Å²) in [5, 5.41) is 13.1. The molecule has 0 aliphatic carbocycles. The van der Waals surface area contributed by atoms with Crippen molar-refractivity contribution in [2.45, 2.75) is 71.4 Å². The van der Waals surface area contributed by atoms with Crippen molar-refractivity contribution in [2.75, 3.05) is 26.2 Å². The van der Waals surface area contributed by atoms with Gasteiger partial charge in [0.05, 0.1) is 6.61 Å². The first-order valence-corrected chi connectivity index (χ1v) is 8.10. The van der Waals surface area contributed by atoms with Gasteiger partial charge in [0.1, 0.15) is 0 Å². The predicted molar refractivity (Wildman–Crippen MR) is 82.5 cm³/mol. The molecule has 0 spiro atoms. The van der Waals surface area contributed by atoms with Crippen molar-refractivity contribution in [3.63, 3.8) is 0 Å². The van der Waals surface area contributed by atoms with E-state index in [4.69, 9.17) is 0 Å². The molecule has 1 aliphatic rings. The van der Waals surface area contributed by atoms with Gasteiger partial charge in [-0.2, -0.15) is 0 Å². The lowest BCUT2D eigenvalue weighted by Gasteiger charge is -2.37. The summed E-state index contributed by atoms with van der Waals surface area (Å²) in [6, 6.07) is 0.736. The van der Waals surface area contributed by atoms with Gasteiger partial charge in [-0.3, -0.25) is 0 Å². The third-order valence-corrected chi connectivity index (χ3v) is 4.57. The second-order valence-corrected chi connectivity index (χ2v) is 6.78. The summed E-state index contributed by atoms with van der Waals surface area (Å²) in [6.07, 6.45) is 6.07. The third-order valence-electron chi connectivity index (χ3n) is 4.57. The molecule has 1 heterocycles. The summed E-state index contributed by atoms with van der Waals surface area (Å²) in [6.45, 7) is 12.7. The third kappa shape index (κ3) is 5.80. The van der Waals surface area contributed by atoms with Crippen molar-refractivity contribution in [3.8, 4) is 0 Å². The zero-order chi connectivity index (χ0) is 14.3. The average Bonchev–Trinajstić information content (AvgIpc) is 2.40. The summed E-state index contributed by atoms with van der Waals surface area (Å²) in [4.78, 5) is 2.63. The molecule has 0 aromatic rings. The fraction of sp³-hybridized carbons (Fsp3) is 1.00. The molecule has 114 valence electrons. The smallest absolute Gasteiger partial charge is 0.0610 e. The Labute approximate surface area is 119 Å². The van der Waals surface area contributed by atoms with Gasteiger partial charge in [-0.05, 0) is 65.0 Å². The van der Waals surface area contributed by atoms with Gasteiger partial charge < -0.3 is 15.3 Å². The zero-order valence-electron chi connectivity index (χ0n) is 13.4. The molecule has 1 fully saturated rings. The highest BCUT2D eigenvalue weighted by atomic mass is 16.3. The van der Waals surface area contributed by atoms with Gasteiger partial charge in [-0.1, -0.05) is 13.8 Å². The largest absolute Gasteiger partial charge is 0.394 e. The van der Waals surface area contributed by atoms with Crippen LogP contribution in [0.5, 0.6) is 0 Å². The van der Waals surface area contributed by atoms with E-state index in [1.54, 1.807) is 0 Å². The van der Waals surface area contributed by atoms with Crippen LogP contribution in [0.25, 0.3) is 0 Å². The minimum atomic E-state index is -0.0966. The fourth-order valence-corrected chi connectivity index (χ4v) is 3.01. The second-order valence-electron chi connectivity index (χ2n) is 6.78. The van der Waals surface area contributed by atoms with Gasteiger partial charge >= 0.3 is 0 Å². The summed E-state index contributed by atoms with van der Waals surface area (Å²) in [5.74, 6) is 0.846.